The van der Waals surface area contributed by atoms with Crippen molar-refractivity contribution in [3.8, 4) is 5.75 Å². The topological polar surface area (TPSA) is 42.5 Å². The zero-order valence-electron chi connectivity index (χ0n) is 10.6. The van der Waals surface area contributed by atoms with Gasteiger partial charge in [0.1, 0.15) is 5.75 Å². The van der Waals surface area contributed by atoms with Gasteiger partial charge < -0.3 is 20.1 Å². The lowest BCUT2D eigenvalue weighted by Crippen LogP contribution is -2.39. The molecule has 98 valence electrons. The maximum absolute atomic E-state index is 5.67. The lowest BCUT2D eigenvalue weighted by atomic mass is 10.1. The molecule has 4 nitrogen and oxygen atoms in total. The van der Waals surface area contributed by atoms with E-state index in [0.717, 1.165) is 51.4 Å². The molecule has 1 saturated heterocycles. The van der Waals surface area contributed by atoms with Gasteiger partial charge in [0.25, 0.3) is 0 Å². The van der Waals surface area contributed by atoms with Gasteiger partial charge in [0.05, 0.1) is 19.3 Å². The Balaban J connectivity index is 1.48. The Labute approximate surface area is 108 Å². The van der Waals surface area contributed by atoms with E-state index in [1.165, 1.54) is 11.3 Å². The highest BCUT2D eigenvalue weighted by molar-refractivity contribution is 5.52. The summed E-state index contributed by atoms with van der Waals surface area (Å²) < 4.78 is 11.2. The van der Waals surface area contributed by atoms with Crippen LogP contribution in [0.25, 0.3) is 0 Å². The van der Waals surface area contributed by atoms with Crippen LogP contribution in [0.1, 0.15) is 12.0 Å². The van der Waals surface area contributed by atoms with Crippen LogP contribution < -0.4 is 15.4 Å². The van der Waals surface area contributed by atoms with E-state index < -0.39 is 0 Å². The number of benzene rings is 1. The molecule has 1 unspecified atom stereocenters. The summed E-state index contributed by atoms with van der Waals surface area (Å²) in [4.78, 5) is 0. The van der Waals surface area contributed by atoms with Gasteiger partial charge >= 0.3 is 0 Å². The van der Waals surface area contributed by atoms with Crippen molar-refractivity contribution in [3.63, 3.8) is 0 Å². The number of ether oxygens (including phenoxy) is 2. The number of rotatable bonds is 4. The van der Waals surface area contributed by atoms with Gasteiger partial charge in [-0.25, -0.2) is 0 Å². The molecular formula is C14H20N2O2. The van der Waals surface area contributed by atoms with Crippen LogP contribution in [0.3, 0.4) is 0 Å². The highest BCUT2D eigenvalue weighted by Crippen LogP contribution is 2.27. The van der Waals surface area contributed by atoms with Crippen LogP contribution in [0.4, 0.5) is 5.69 Å². The van der Waals surface area contributed by atoms with E-state index in [4.69, 9.17) is 9.47 Å². The van der Waals surface area contributed by atoms with E-state index in [0.29, 0.717) is 6.10 Å². The first-order valence-electron chi connectivity index (χ1n) is 6.74. The van der Waals surface area contributed by atoms with Gasteiger partial charge in [-0.2, -0.15) is 0 Å². The Morgan fingerprint density at radius 3 is 3.22 bits per heavy atom. The second kappa shape index (κ2) is 5.59. The van der Waals surface area contributed by atoms with E-state index in [1.54, 1.807) is 0 Å². The summed E-state index contributed by atoms with van der Waals surface area (Å²) in [5.74, 6) is 1.04. The summed E-state index contributed by atoms with van der Waals surface area (Å²) >= 11 is 0. The van der Waals surface area contributed by atoms with Gasteiger partial charge in [-0.15, -0.1) is 0 Å². The zero-order chi connectivity index (χ0) is 12.2. The molecule has 0 aromatic heterocycles. The molecule has 1 aromatic carbocycles. The van der Waals surface area contributed by atoms with E-state index in [-0.39, 0.29) is 0 Å². The molecule has 0 radical (unpaired) electrons. The average Bonchev–Trinajstić information content (AvgIpc) is 2.87. The lowest BCUT2D eigenvalue weighted by molar-refractivity contribution is 0.0258. The molecule has 0 bridgehead atoms. The molecule has 2 aliphatic heterocycles. The number of hydrogen-bond acceptors (Lipinski definition) is 4. The monoisotopic (exact) mass is 248 g/mol. The summed E-state index contributed by atoms with van der Waals surface area (Å²) in [6.07, 6.45) is 2.42. The van der Waals surface area contributed by atoms with Crippen LogP contribution in [0, 0.1) is 0 Å². The molecule has 1 fully saturated rings. The van der Waals surface area contributed by atoms with Crippen LogP contribution in [0.15, 0.2) is 18.2 Å². The van der Waals surface area contributed by atoms with Crippen molar-refractivity contribution in [2.75, 3.05) is 38.2 Å². The van der Waals surface area contributed by atoms with Gasteiger partial charge in [0.15, 0.2) is 0 Å². The molecule has 2 N–H and O–H groups in total. The third-order valence-corrected chi connectivity index (χ3v) is 3.49. The van der Waals surface area contributed by atoms with Gasteiger partial charge in [0.2, 0.25) is 0 Å². The van der Waals surface area contributed by atoms with Crippen LogP contribution in [0.5, 0.6) is 5.75 Å². The number of fused-ring (bicyclic) bond motifs is 1. The van der Waals surface area contributed by atoms with Gasteiger partial charge in [-0.1, -0.05) is 0 Å². The largest absolute Gasteiger partial charge is 0.493 e. The van der Waals surface area contributed by atoms with Gasteiger partial charge in [-0.05, 0) is 30.2 Å². The smallest absolute Gasteiger partial charge is 0.122 e. The number of nitrogens with one attached hydrogen (secondary N) is 2. The highest BCUT2D eigenvalue weighted by Gasteiger charge is 2.14. The SMILES string of the molecule is c1cc2c(cc1NCCC1CNCCO1)CCO2. The van der Waals surface area contributed by atoms with Crippen LogP contribution >= 0.6 is 0 Å². The molecular weight excluding hydrogens is 228 g/mol. The minimum absolute atomic E-state index is 0.351. The Kier molecular flexibility index (Phi) is 3.67. The predicted molar refractivity (Wildman–Crippen MR) is 71.4 cm³/mol. The van der Waals surface area contributed by atoms with Gasteiger partial charge in [-0.3, -0.25) is 0 Å². The third kappa shape index (κ3) is 2.76. The fraction of sp³-hybridized carbons (Fsp3) is 0.571. The molecule has 2 heterocycles. The summed E-state index contributed by atoms with van der Waals surface area (Å²) in [6.45, 7) is 4.56. The number of hydrogen-bond donors (Lipinski definition) is 2. The van der Waals surface area contributed by atoms with E-state index in [9.17, 15) is 0 Å². The normalized spacial score (nSPS) is 22.3. The van der Waals surface area contributed by atoms with Crippen molar-refractivity contribution in [1.29, 1.82) is 0 Å². The fourth-order valence-corrected chi connectivity index (χ4v) is 2.48. The summed E-state index contributed by atoms with van der Waals surface area (Å²) in [6, 6.07) is 6.34. The van der Waals surface area contributed by atoms with Crippen molar-refractivity contribution in [3.05, 3.63) is 23.8 Å². The Hall–Kier alpha value is -1.26. The molecule has 1 aromatic rings. The maximum atomic E-state index is 5.67. The average molecular weight is 248 g/mol. The number of anilines is 1. The third-order valence-electron chi connectivity index (χ3n) is 3.49. The molecule has 2 aliphatic rings. The van der Waals surface area contributed by atoms with E-state index in [2.05, 4.69) is 28.8 Å². The first-order valence-corrected chi connectivity index (χ1v) is 6.74. The predicted octanol–water partition coefficient (Wildman–Crippen LogP) is 1.41. The molecule has 4 heteroatoms. The molecule has 1 atom stereocenters. The fourth-order valence-electron chi connectivity index (χ4n) is 2.48. The second-order valence-corrected chi connectivity index (χ2v) is 4.83. The molecule has 0 aliphatic carbocycles. The van der Waals surface area contributed by atoms with Crippen LogP contribution in [0.2, 0.25) is 0 Å². The summed E-state index contributed by atoms with van der Waals surface area (Å²) in [7, 11) is 0. The molecule has 3 rings (SSSR count). The zero-order valence-corrected chi connectivity index (χ0v) is 10.6. The van der Waals surface area contributed by atoms with E-state index in [1.807, 2.05) is 0 Å². The first-order chi connectivity index (χ1) is 8.92. The standard InChI is InChI=1S/C14H20N2O2/c1-2-14-11(4-7-18-14)9-12(1)16-5-3-13-10-15-6-8-17-13/h1-2,9,13,15-16H,3-8,10H2. The van der Waals surface area contributed by atoms with Gasteiger partial charge in [0, 0.05) is 31.7 Å². The number of morpholine rings is 1. The van der Waals surface area contributed by atoms with E-state index >= 15 is 0 Å². The highest BCUT2D eigenvalue weighted by atomic mass is 16.5. The summed E-state index contributed by atoms with van der Waals surface area (Å²) in [5.41, 5.74) is 2.50. The first kappa shape index (κ1) is 11.8. The molecule has 0 spiro atoms. The second-order valence-electron chi connectivity index (χ2n) is 4.83. The van der Waals surface area contributed by atoms with Crippen molar-refractivity contribution in [1.82, 2.24) is 5.32 Å². The maximum Gasteiger partial charge on any atom is 0.122 e. The van der Waals surface area contributed by atoms with Crippen molar-refractivity contribution >= 4 is 5.69 Å². The molecule has 0 saturated carbocycles. The quantitative estimate of drug-likeness (QED) is 0.845. The Morgan fingerprint density at radius 1 is 1.33 bits per heavy atom. The van der Waals surface area contributed by atoms with Crippen molar-refractivity contribution in [2.24, 2.45) is 0 Å². The minimum atomic E-state index is 0.351. The van der Waals surface area contributed by atoms with Crippen molar-refractivity contribution < 1.29 is 9.47 Å². The lowest BCUT2D eigenvalue weighted by Gasteiger charge is -2.23. The summed E-state index contributed by atoms with van der Waals surface area (Å²) in [5, 5.41) is 6.81. The minimum Gasteiger partial charge on any atom is -0.493 e. The van der Waals surface area contributed by atoms with Crippen LogP contribution in [-0.2, 0) is 11.2 Å². The Morgan fingerprint density at radius 2 is 2.33 bits per heavy atom. The molecule has 0 amide bonds. The van der Waals surface area contributed by atoms with Crippen molar-refractivity contribution in [2.45, 2.75) is 18.9 Å². The van der Waals surface area contributed by atoms with Crippen LogP contribution in [-0.4, -0.2) is 39.0 Å². The Bertz CT molecular complexity index is 403. The molecule has 18 heavy (non-hydrogen) atoms.